The minimum absolute atomic E-state index is 0.00320. The van der Waals surface area contributed by atoms with Crippen molar-refractivity contribution in [1.82, 2.24) is 9.97 Å². The van der Waals surface area contributed by atoms with E-state index in [4.69, 9.17) is 16.3 Å². The van der Waals surface area contributed by atoms with E-state index in [1.807, 2.05) is 11.4 Å². The average Bonchev–Trinajstić information content (AvgIpc) is 3.01. The number of Topliss-reactive ketones (excluding diaryl/α,β-unsaturated/α-hetero) is 1. The lowest BCUT2D eigenvalue weighted by Gasteiger charge is -2.05. The lowest BCUT2D eigenvalue weighted by Crippen LogP contribution is -2.03. The van der Waals surface area contributed by atoms with Crippen LogP contribution in [0.1, 0.15) is 10.4 Å². The van der Waals surface area contributed by atoms with Crippen LogP contribution in [0.3, 0.4) is 0 Å². The molecule has 3 rings (SSSR count). The molecule has 0 atom stereocenters. The van der Waals surface area contributed by atoms with Gasteiger partial charge in [-0.25, -0.2) is 9.97 Å². The minimum atomic E-state index is -0.00320. The number of hydrogen-bond acceptors (Lipinski definition) is 6. The number of carbonyl (C=O) groups excluding carboxylic acids is 1. The molecule has 2 aromatic heterocycles. The quantitative estimate of drug-likeness (QED) is 0.389. The molecular weight excluding hydrogens is 340 g/mol. The van der Waals surface area contributed by atoms with Crippen molar-refractivity contribution < 1.29 is 9.53 Å². The molecule has 0 aliphatic rings. The van der Waals surface area contributed by atoms with Crippen molar-refractivity contribution in [2.75, 3.05) is 12.9 Å². The van der Waals surface area contributed by atoms with Gasteiger partial charge in [0, 0.05) is 10.9 Å². The van der Waals surface area contributed by atoms with Crippen LogP contribution >= 0.6 is 34.7 Å². The first-order valence-electron chi connectivity index (χ1n) is 6.37. The Balaban J connectivity index is 1.75. The fourth-order valence-electron chi connectivity index (χ4n) is 1.94. The van der Waals surface area contributed by atoms with Gasteiger partial charge in [0.2, 0.25) is 0 Å². The number of nitrogens with zero attached hydrogens (tertiary/aromatic N) is 2. The van der Waals surface area contributed by atoms with E-state index in [1.165, 1.54) is 18.1 Å². The number of rotatable bonds is 5. The highest BCUT2D eigenvalue weighted by molar-refractivity contribution is 8.00. The van der Waals surface area contributed by atoms with Crippen LogP contribution < -0.4 is 4.74 Å². The third kappa shape index (κ3) is 3.09. The molecule has 0 saturated carbocycles. The van der Waals surface area contributed by atoms with E-state index in [-0.39, 0.29) is 5.78 Å². The molecule has 2 heterocycles. The number of fused-ring (bicyclic) bond motifs is 1. The minimum Gasteiger partial charge on any atom is -0.495 e. The summed E-state index contributed by atoms with van der Waals surface area (Å²) in [4.78, 5) is 21.7. The van der Waals surface area contributed by atoms with Crippen molar-refractivity contribution in [2.45, 2.75) is 5.03 Å². The average molecular weight is 351 g/mol. The standard InChI is InChI=1S/C15H11ClN2O2S2/c1-20-13-3-2-9(6-11(13)16)12(19)7-22-15-10-4-5-21-14(10)17-8-18-15/h2-6,8H,7H2,1H3. The fourth-order valence-corrected chi connectivity index (χ4v) is 3.87. The highest BCUT2D eigenvalue weighted by atomic mass is 35.5. The number of ether oxygens (including phenoxy) is 1. The van der Waals surface area contributed by atoms with Gasteiger partial charge in [-0.2, -0.15) is 0 Å². The van der Waals surface area contributed by atoms with E-state index >= 15 is 0 Å². The van der Waals surface area contributed by atoms with Gasteiger partial charge in [-0.1, -0.05) is 23.4 Å². The number of benzene rings is 1. The van der Waals surface area contributed by atoms with Crippen molar-refractivity contribution >= 4 is 50.7 Å². The van der Waals surface area contributed by atoms with Crippen molar-refractivity contribution in [3.8, 4) is 5.75 Å². The Morgan fingerprint density at radius 1 is 1.36 bits per heavy atom. The van der Waals surface area contributed by atoms with Crippen LogP contribution in [0.15, 0.2) is 41.0 Å². The number of thiophene rings is 1. The smallest absolute Gasteiger partial charge is 0.173 e. The molecule has 0 N–H and O–H groups in total. The summed E-state index contributed by atoms with van der Waals surface area (Å²) in [5.74, 6) is 0.850. The number of methoxy groups -OCH3 is 1. The molecule has 112 valence electrons. The van der Waals surface area contributed by atoms with Crippen molar-refractivity contribution in [2.24, 2.45) is 0 Å². The van der Waals surface area contributed by atoms with Gasteiger partial charge in [0.05, 0.1) is 17.9 Å². The predicted octanol–water partition coefficient (Wildman–Crippen LogP) is 4.33. The molecule has 7 heteroatoms. The molecule has 0 spiro atoms. The van der Waals surface area contributed by atoms with Crippen LogP contribution in [0, 0.1) is 0 Å². The molecule has 0 saturated heterocycles. The zero-order valence-corrected chi connectivity index (χ0v) is 14.0. The second-order valence-electron chi connectivity index (χ2n) is 4.38. The number of halogens is 1. The molecule has 22 heavy (non-hydrogen) atoms. The van der Waals surface area contributed by atoms with Gasteiger partial charge in [-0.05, 0) is 29.6 Å². The molecule has 3 aromatic rings. The summed E-state index contributed by atoms with van der Waals surface area (Å²) in [6.07, 6.45) is 1.52. The van der Waals surface area contributed by atoms with Crippen LogP contribution in [0.25, 0.3) is 10.2 Å². The van der Waals surface area contributed by atoms with Gasteiger partial charge in [-0.3, -0.25) is 4.79 Å². The summed E-state index contributed by atoms with van der Waals surface area (Å²) in [6.45, 7) is 0. The van der Waals surface area contributed by atoms with Gasteiger partial charge in [0.25, 0.3) is 0 Å². The summed E-state index contributed by atoms with van der Waals surface area (Å²) in [5.41, 5.74) is 0.564. The van der Waals surface area contributed by atoms with Crippen LogP contribution in [0.5, 0.6) is 5.75 Å². The maximum absolute atomic E-state index is 12.3. The van der Waals surface area contributed by atoms with E-state index in [2.05, 4.69) is 9.97 Å². The molecule has 0 amide bonds. The second kappa shape index (κ2) is 6.64. The third-order valence-electron chi connectivity index (χ3n) is 3.04. The van der Waals surface area contributed by atoms with Crippen LogP contribution in [-0.4, -0.2) is 28.6 Å². The molecule has 0 aliphatic heterocycles. The van der Waals surface area contributed by atoms with E-state index in [1.54, 1.807) is 36.6 Å². The monoisotopic (exact) mass is 350 g/mol. The zero-order valence-electron chi connectivity index (χ0n) is 11.6. The number of thioether (sulfide) groups is 1. The lowest BCUT2D eigenvalue weighted by atomic mass is 10.1. The number of ketones is 1. The Morgan fingerprint density at radius 2 is 2.23 bits per heavy atom. The summed E-state index contributed by atoms with van der Waals surface area (Å²) in [7, 11) is 1.54. The maximum Gasteiger partial charge on any atom is 0.173 e. The van der Waals surface area contributed by atoms with E-state index in [0.29, 0.717) is 22.1 Å². The number of hydrogen-bond donors (Lipinski definition) is 0. The molecule has 1 aromatic carbocycles. The Hall–Kier alpha value is -1.63. The molecule has 0 radical (unpaired) electrons. The van der Waals surface area contributed by atoms with E-state index < -0.39 is 0 Å². The molecule has 0 fully saturated rings. The number of carbonyl (C=O) groups is 1. The van der Waals surface area contributed by atoms with Crippen LogP contribution in [0.4, 0.5) is 0 Å². The first-order chi connectivity index (χ1) is 10.7. The SMILES string of the molecule is COc1ccc(C(=O)CSc2ncnc3sccc23)cc1Cl. The molecule has 0 unspecified atom stereocenters. The Morgan fingerprint density at radius 3 is 3.00 bits per heavy atom. The maximum atomic E-state index is 12.3. The van der Waals surface area contributed by atoms with Gasteiger partial charge < -0.3 is 4.74 Å². The lowest BCUT2D eigenvalue weighted by molar-refractivity contribution is 0.102. The Kier molecular flexibility index (Phi) is 4.61. The highest BCUT2D eigenvalue weighted by Crippen LogP contribution is 2.29. The second-order valence-corrected chi connectivity index (χ2v) is 6.65. The van der Waals surface area contributed by atoms with Gasteiger partial charge >= 0.3 is 0 Å². The molecule has 0 aliphatic carbocycles. The normalized spacial score (nSPS) is 10.8. The van der Waals surface area contributed by atoms with Gasteiger partial charge in [0.15, 0.2) is 5.78 Å². The predicted molar refractivity (Wildman–Crippen MR) is 90.5 cm³/mol. The Bertz CT molecular complexity index is 835. The van der Waals surface area contributed by atoms with E-state index in [0.717, 1.165) is 15.2 Å². The van der Waals surface area contributed by atoms with Crippen molar-refractivity contribution in [3.63, 3.8) is 0 Å². The molecule has 4 nitrogen and oxygen atoms in total. The molecule has 0 bridgehead atoms. The number of aromatic nitrogens is 2. The summed E-state index contributed by atoms with van der Waals surface area (Å²) < 4.78 is 5.08. The first-order valence-corrected chi connectivity index (χ1v) is 8.61. The summed E-state index contributed by atoms with van der Waals surface area (Å²) in [5, 5.41) is 4.20. The van der Waals surface area contributed by atoms with Crippen LogP contribution in [0.2, 0.25) is 5.02 Å². The third-order valence-corrected chi connectivity index (χ3v) is 5.16. The Labute approximate surface area is 140 Å². The van der Waals surface area contributed by atoms with Crippen molar-refractivity contribution in [3.05, 3.63) is 46.6 Å². The van der Waals surface area contributed by atoms with Gasteiger partial charge in [-0.15, -0.1) is 11.3 Å². The summed E-state index contributed by atoms with van der Waals surface area (Å²) >= 11 is 9.01. The summed E-state index contributed by atoms with van der Waals surface area (Å²) in [6, 6.07) is 7.01. The first kappa shape index (κ1) is 15.3. The fraction of sp³-hybridized carbons (Fsp3) is 0.133. The largest absolute Gasteiger partial charge is 0.495 e. The van der Waals surface area contributed by atoms with Crippen molar-refractivity contribution in [1.29, 1.82) is 0 Å². The highest BCUT2D eigenvalue weighted by Gasteiger charge is 2.12. The van der Waals surface area contributed by atoms with Crippen LogP contribution in [-0.2, 0) is 0 Å². The molecular formula is C15H11ClN2O2S2. The zero-order chi connectivity index (χ0) is 15.5. The van der Waals surface area contributed by atoms with Gasteiger partial charge in [0.1, 0.15) is 21.9 Å². The topological polar surface area (TPSA) is 52.1 Å². The van der Waals surface area contributed by atoms with E-state index in [9.17, 15) is 4.79 Å².